The van der Waals surface area contributed by atoms with Crippen molar-refractivity contribution in [3.8, 4) is 5.75 Å². The Hall–Kier alpha value is -2.89. The number of nitrogens with one attached hydrogen (secondary N) is 1. The summed E-state index contributed by atoms with van der Waals surface area (Å²) >= 11 is 0. The van der Waals surface area contributed by atoms with Gasteiger partial charge in [-0.25, -0.2) is 9.18 Å². The van der Waals surface area contributed by atoms with Crippen molar-refractivity contribution in [1.82, 2.24) is 0 Å². The van der Waals surface area contributed by atoms with Gasteiger partial charge in [-0.3, -0.25) is 4.79 Å². The Morgan fingerprint density at radius 3 is 2.60 bits per heavy atom. The van der Waals surface area contributed by atoms with E-state index in [0.29, 0.717) is 29.5 Å². The Balaban J connectivity index is 1.87. The molecule has 0 aliphatic carbocycles. The van der Waals surface area contributed by atoms with Crippen molar-refractivity contribution in [1.29, 1.82) is 0 Å². The summed E-state index contributed by atoms with van der Waals surface area (Å²) in [6.45, 7) is 4.12. The number of rotatable bonds is 7. The summed E-state index contributed by atoms with van der Waals surface area (Å²) in [6, 6.07) is 12.0. The van der Waals surface area contributed by atoms with Crippen molar-refractivity contribution in [2.45, 2.75) is 13.8 Å². The molecule has 5 nitrogen and oxygen atoms in total. The van der Waals surface area contributed by atoms with Crippen molar-refractivity contribution >= 4 is 17.6 Å². The van der Waals surface area contributed by atoms with Crippen LogP contribution in [-0.2, 0) is 9.53 Å². The number of carbonyl (C=O) groups is 2. The average molecular weight is 345 g/mol. The Morgan fingerprint density at radius 1 is 1.12 bits per heavy atom. The highest BCUT2D eigenvalue weighted by Crippen LogP contribution is 2.15. The molecule has 2 rings (SSSR count). The first-order valence-electron chi connectivity index (χ1n) is 7.89. The molecule has 0 heterocycles. The second kappa shape index (κ2) is 8.82. The maximum atomic E-state index is 13.1. The summed E-state index contributed by atoms with van der Waals surface area (Å²) in [4.78, 5) is 23.8. The van der Waals surface area contributed by atoms with Crippen molar-refractivity contribution < 1.29 is 23.5 Å². The molecular weight excluding hydrogens is 325 g/mol. The van der Waals surface area contributed by atoms with Gasteiger partial charge in [-0.1, -0.05) is 26.0 Å². The van der Waals surface area contributed by atoms with Crippen molar-refractivity contribution in [3.05, 3.63) is 59.9 Å². The molecule has 25 heavy (non-hydrogen) atoms. The Morgan fingerprint density at radius 2 is 1.88 bits per heavy atom. The maximum Gasteiger partial charge on any atom is 0.338 e. The highest BCUT2D eigenvalue weighted by molar-refractivity contribution is 5.95. The first-order chi connectivity index (χ1) is 11.9. The number of esters is 1. The van der Waals surface area contributed by atoms with Crippen LogP contribution in [0.15, 0.2) is 48.5 Å². The molecular formula is C19H20FNO4. The van der Waals surface area contributed by atoms with Crippen LogP contribution in [0.3, 0.4) is 0 Å². The van der Waals surface area contributed by atoms with Crippen molar-refractivity contribution in [3.63, 3.8) is 0 Å². The second-order valence-corrected chi connectivity index (χ2v) is 5.87. The number of halogens is 1. The predicted molar refractivity (Wildman–Crippen MR) is 92.1 cm³/mol. The third-order valence-corrected chi connectivity index (χ3v) is 3.10. The van der Waals surface area contributed by atoms with E-state index in [1.54, 1.807) is 30.3 Å². The van der Waals surface area contributed by atoms with Gasteiger partial charge in [0.1, 0.15) is 11.6 Å². The van der Waals surface area contributed by atoms with Gasteiger partial charge in [-0.05, 0) is 42.3 Å². The molecule has 0 aliphatic heterocycles. The largest absolute Gasteiger partial charge is 0.493 e. The van der Waals surface area contributed by atoms with Gasteiger partial charge in [-0.2, -0.15) is 0 Å². The topological polar surface area (TPSA) is 64.6 Å². The minimum absolute atomic E-state index is 0.291. The van der Waals surface area contributed by atoms with Crippen LogP contribution in [0.1, 0.15) is 24.2 Å². The number of carbonyl (C=O) groups excluding carboxylic acids is 2. The normalized spacial score (nSPS) is 10.4. The Kier molecular flexibility index (Phi) is 6.51. The van der Waals surface area contributed by atoms with E-state index in [1.807, 2.05) is 13.8 Å². The number of ether oxygens (including phenoxy) is 2. The zero-order valence-electron chi connectivity index (χ0n) is 14.1. The summed E-state index contributed by atoms with van der Waals surface area (Å²) in [5.74, 6) is -0.724. The fourth-order valence-electron chi connectivity index (χ4n) is 1.95. The minimum Gasteiger partial charge on any atom is -0.493 e. The van der Waals surface area contributed by atoms with E-state index in [9.17, 15) is 14.0 Å². The molecule has 2 aromatic rings. The summed E-state index contributed by atoms with van der Waals surface area (Å²) in [5, 5.41) is 2.45. The van der Waals surface area contributed by atoms with Gasteiger partial charge >= 0.3 is 5.97 Å². The zero-order chi connectivity index (χ0) is 18.2. The predicted octanol–water partition coefficient (Wildman–Crippen LogP) is 3.66. The van der Waals surface area contributed by atoms with E-state index in [2.05, 4.69) is 5.32 Å². The van der Waals surface area contributed by atoms with Crippen LogP contribution in [0.4, 0.5) is 10.1 Å². The quantitative estimate of drug-likeness (QED) is 0.778. The second-order valence-electron chi connectivity index (χ2n) is 5.87. The van der Waals surface area contributed by atoms with E-state index in [0.717, 1.165) is 0 Å². The summed E-state index contributed by atoms with van der Waals surface area (Å²) in [6.07, 6.45) is 0. The molecule has 2 aromatic carbocycles. The first-order valence-corrected chi connectivity index (χ1v) is 7.89. The number of anilines is 1. The summed E-state index contributed by atoms with van der Waals surface area (Å²) < 4.78 is 23.6. The van der Waals surface area contributed by atoms with Gasteiger partial charge in [0.2, 0.25) is 0 Å². The molecule has 132 valence electrons. The third-order valence-electron chi connectivity index (χ3n) is 3.10. The molecule has 0 atom stereocenters. The highest BCUT2D eigenvalue weighted by Gasteiger charge is 2.12. The molecule has 0 fully saturated rings. The molecule has 0 spiro atoms. The smallest absolute Gasteiger partial charge is 0.338 e. The number of hydrogen-bond donors (Lipinski definition) is 1. The fraction of sp³-hybridized carbons (Fsp3) is 0.263. The minimum atomic E-state index is -0.635. The van der Waals surface area contributed by atoms with E-state index >= 15 is 0 Å². The molecule has 0 unspecified atom stereocenters. The van der Waals surface area contributed by atoms with Gasteiger partial charge in [-0.15, -0.1) is 0 Å². The number of benzene rings is 2. The third kappa shape index (κ3) is 6.25. The standard InChI is InChI=1S/C19H20FNO4/c1-13(2)11-24-17-8-3-5-14(9-17)19(23)25-12-18(22)21-16-7-4-6-15(20)10-16/h3-10,13H,11-12H2,1-2H3,(H,21,22). The van der Waals surface area contributed by atoms with Gasteiger partial charge in [0.05, 0.1) is 12.2 Å². The SMILES string of the molecule is CC(C)COc1cccc(C(=O)OCC(=O)Nc2cccc(F)c2)c1. The van der Waals surface area contributed by atoms with E-state index in [1.165, 1.54) is 18.2 Å². The van der Waals surface area contributed by atoms with E-state index < -0.39 is 24.3 Å². The van der Waals surface area contributed by atoms with Gasteiger partial charge in [0.15, 0.2) is 6.61 Å². The highest BCUT2D eigenvalue weighted by atomic mass is 19.1. The van der Waals surface area contributed by atoms with Crippen LogP contribution in [0.5, 0.6) is 5.75 Å². The lowest BCUT2D eigenvalue weighted by Crippen LogP contribution is -2.21. The van der Waals surface area contributed by atoms with Gasteiger partial charge in [0.25, 0.3) is 5.91 Å². The Labute approximate surface area is 145 Å². The van der Waals surface area contributed by atoms with Crippen LogP contribution in [-0.4, -0.2) is 25.1 Å². The molecule has 6 heteroatoms. The zero-order valence-corrected chi connectivity index (χ0v) is 14.1. The van der Waals surface area contributed by atoms with Crippen molar-refractivity contribution in [2.75, 3.05) is 18.5 Å². The summed E-state index contributed by atoms with van der Waals surface area (Å²) in [5.41, 5.74) is 0.588. The molecule has 0 bridgehead atoms. The fourth-order valence-corrected chi connectivity index (χ4v) is 1.95. The monoisotopic (exact) mass is 345 g/mol. The maximum absolute atomic E-state index is 13.1. The molecule has 0 radical (unpaired) electrons. The lowest BCUT2D eigenvalue weighted by Gasteiger charge is -2.10. The van der Waals surface area contributed by atoms with Gasteiger partial charge < -0.3 is 14.8 Å². The number of amides is 1. The van der Waals surface area contributed by atoms with Gasteiger partial charge in [0, 0.05) is 5.69 Å². The molecule has 1 amide bonds. The number of hydrogen-bond acceptors (Lipinski definition) is 4. The van der Waals surface area contributed by atoms with E-state index in [4.69, 9.17) is 9.47 Å². The molecule has 0 saturated carbocycles. The van der Waals surface area contributed by atoms with Crippen LogP contribution >= 0.6 is 0 Å². The van der Waals surface area contributed by atoms with E-state index in [-0.39, 0.29) is 0 Å². The Bertz CT molecular complexity index is 746. The molecule has 1 N–H and O–H groups in total. The average Bonchev–Trinajstić information content (AvgIpc) is 2.58. The van der Waals surface area contributed by atoms with Crippen LogP contribution in [0, 0.1) is 11.7 Å². The molecule has 0 aliphatic rings. The summed E-state index contributed by atoms with van der Waals surface area (Å²) in [7, 11) is 0. The first kappa shape index (κ1) is 18.4. The lowest BCUT2D eigenvalue weighted by atomic mass is 10.2. The van der Waals surface area contributed by atoms with Crippen LogP contribution < -0.4 is 10.1 Å². The van der Waals surface area contributed by atoms with Crippen LogP contribution in [0.25, 0.3) is 0 Å². The van der Waals surface area contributed by atoms with Crippen molar-refractivity contribution in [2.24, 2.45) is 5.92 Å². The van der Waals surface area contributed by atoms with Crippen LogP contribution in [0.2, 0.25) is 0 Å². The lowest BCUT2D eigenvalue weighted by molar-refractivity contribution is -0.119. The molecule has 0 saturated heterocycles. The molecule has 0 aromatic heterocycles.